The number of thioether (sulfide) groups is 1. The average Bonchev–Trinajstić information content (AvgIpc) is 3.27. The van der Waals surface area contributed by atoms with Gasteiger partial charge in [0, 0.05) is 35.1 Å². The number of hydrogen-bond acceptors (Lipinski definition) is 5. The number of aliphatic hydroxyl groups excluding tert-OH is 1. The smallest absolute Gasteiger partial charge is 0.142 e. The van der Waals surface area contributed by atoms with Gasteiger partial charge in [-0.2, -0.15) is 0 Å². The predicted molar refractivity (Wildman–Crippen MR) is 103 cm³/mol. The molecular formula is C19H21N3O2S. The summed E-state index contributed by atoms with van der Waals surface area (Å²) in [6.07, 6.45) is 4.45. The van der Waals surface area contributed by atoms with E-state index in [-0.39, 0.29) is 6.10 Å². The lowest BCUT2D eigenvalue weighted by Gasteiger charge is -2.20. The van der Waals surface area contributed by atoms with Crippen molar-refractivity contribution in [3.8, 4) is 17.0 Å². The highest BCUT2D eigenvalue weighted by Crippen LogP contribution is 2.36. The van der Waals surface area contributed by atoms with Crippen LogP contribution in [0.5, 0.6) is 5.75 Å². The van der Waals surface area contributed by atoms with Crippen molar-refractivity contribution in [2.75, 3.05) is 31.4 Å². The number of anilines is 1. The van der Waals surface area contributed by atoms with Gasteiger partial charge < -0.3 is 19.7 Å². The Morgan fingerprint density at radius 3 is 2.96 bits per heavy atom. The van der Waals surface area contributed by atoms with Crippen LogP contribution in [0.1, 0.15) is 6.42 Å². The summed E-state index contributed by atoms with van der Waals surface area (Å²) in [7, 11) is 1.68. The molecule has 0 amide bonds. The van der Waals surface area contributed by atoms with E-state index in [1.165, 1.54) is 0 Å². The number of β-amino-alcohol motifs (C(OH)–C–C–N with tert-alkyl or cyclic N) is 1. The lowest BCUT2D eigenvalue weighted by atomic mass is 10.1. The number of aliphatic hydroxyl groups is 1. The summed E-state index contributed by atoms with van der Waals surface area (Å²) in [5.74, 6) is 1.75. The Morgan fingerprint density at radius 1 is 1.36 bits per heavy atom. The molecule has 2 aromatic heterocycles. The van der Waals surface area contributed by atoms with E-state index < -0.39 is 0 Å². The molecule has 1 saturated heterocycles. The number of ether oxygens (including phenoxy) is 1. The van der Waals surface area contributed by atoms with E-state index in [0.717, 1.165) is 51.6 Å². The Morgan fingerprint density at radius 2 is 2.24 bits per heavy atom. The molecule has 1 unspecified atom stereocenters. The first-order chi connectivity index (χ1) is 12.2. The molecule has 4 rings (SSSR count). The van der Waals surface area contributed by atoms with E-state index in [4.69, 9.17) is 9.72 Å². The van der Waals surface area contributed by atoms with Gasteiger partial charge in [-0.25, -0.2) is 4.98 Å². The number of rotatable bonds is 4. The molecule has 0 spiro atoms. The fourth-order valence-electron chi connectivity index (χ4n) is 3.38. The maximum atomic E-state index is 9.91. The van der Waals surface area contributed by atoms with E-state index in [1.807, 2.05) is 24.6 Å². The fraction of sp³-hybridized carbons (Fsp3) is 0.316. The maximum absolute atomic E-state index is 9.91. The minimum Gasteiger partial charge on any atom is -0.495 e. The summed E-state index contributed by atoms with van der Waals surface area (Å²) >= 11 is 1.67. The molecular weight excluding hydrogens is 334 g/mol. The average molecular weight is 355 g/mol. The van der Waals surface area contributed by atoms with E-state index in [2.05, 4.69) is 28.1 Å². The highest BCUT2D eigenvalue weighted by molar-refractivity contribution is 7.98. The number of aromatic amines is 1. The van der Waals surface area contributed by atoms with Crippen molar-refractivity contribution in [2.45, 2.75) is 17.4 Å². The van der Waals surface area contributed by atoms with E-state index in [0.29, 0.717) is 6.54 Å². The number of hydrogen-bond donors (Lipinski definition) is 2. The van der Waals surface area contributed by atoms with Gasteiger partial charge in [0.1, 0.15) is 11.6 Å². The molecule has 5 nitrogen and oxygen atoms in total. The van der Waals surface area contributed by atoms with Gasteiger partial charge in [0.25, 0.3) is 0 Å². The van der Waals surface area contributed by atoms with Gasteiger partial charge in [-0.15, -0.1) is 11.8 Å². The lowest BCUT2D eigenvalue weighted by molar-refractivity contribution is 0.198. The second kappa shape index (κ2) is 6.61. The third-order valence-corrected chi connectivity index (χ3v) is 5.36. The molecule has 0 bridgehead atoms. The van der Waals surface area contributed by atoms with Crippen LogP contribution >= 0.6 is 11.8 Å². The Hall–Kier alpha value is -2.18. The highest BCUT2D eigenvalue weighted by Gasteiger charge is 2.24. The van der Waals surface area contributed by atoms with Crippen molar-refractivity contribution in [1.29, 1.82) is 0 Å². The van der Waals surface area contributed by atoms with Crippen molar-refractivity contribution in [3.63, 3.8) is 0 Å². The van der Waals surface area contributed by atoms with Gasteiger partial charge in [0.15, 0.2) is 0 Å². The number of para-hydroxylation sites is 1. The van der Waals surface area contributed by atoms with Crippen molar-refractivity contribution in [1.82, 2.24) is 9.97 Å². The monoisotopic (exact) mass is 355 g/mol. The second-order valence-corrected chi connectivity index (χ2v) is 7.12. The summed E-state index contributed by atoms with van der Waals surface area (Å²) in [6, 6.07) is 10.3. The largest absolute Gasteiger partial charge is 0.495 e. The SMILES string of the molecule is COc1cccc2cc(-c3cc(SC)cnc3N3CCC(O)C3)[nH]c12. The first kappa shape index (κ1) is 16.3. The number of methoxy groups -OCH3 is 1. The quantitative estimate of drug-likeness (QED) is 0.701. The third kappa shape index (κ3) is 2.96. The number of fused-ring (bicyclic) bond motifs is 1. The number of aromatic nitrogens is 2. The summed E-state index contributed by atoms with van der Waals surface area (Å²) < 4.78 is 5.47. The van der Waals surface area contributed by atoms with Crippen LogP contribution in [0.2, 0.25) is 0 Å². The number of pyridine rings is 1. The van der Waals surface area contributed by atoms with Crippen molar-refractivity contribution >= 4 is 28.5 Å². The van der Waals surface area contributed by atoms with Crippen molar-refractivity contribution in [3.05, 3.63) is 36.5 Å². The first-order valence-electron chi connectivity index (χ1n) is 8.32. The van der Waals surface area contributed by atoms with E-state index in [9.17, 15) is 5.11 Å². The zero-order chi connectivity index (χ0) is 17.4. The molecule has 1 fully saturated rings. The zero-order valence-electron chi connectivity index (χ0n) is 14.3. The molecule has 1 aliphatic rings. The fourth-order valence-corrected chi connectivity index (χ4v) is 3.77. The second-order valence-electron chi connectivity index (χ2n) is 6.24. The van der Waals surface area contributed by atoms with Crippen LogP contribution in [0, 0.1) is 0 Å². The van der Waals surface area contributed by atoms with Gasteiger partial charge in [-0.05, 0) is 30.9 Å². The molecule has 0 saturated carbocycles. The Balaban J connectivity index is 1.86. The molecule has 1 aromatic carbocycles. The van der Waals surface area contributed by atoms with Gasteiger partial charge in [0.2, 0.25) is 0 Å². The molecule has 0 aliphatic carbocycles. The minimum atomic E-state index is -0.280. The Labute approximate surface area is 151 Å². The molecule has 1 aliphatic heterocycles. The van der Waals surface area contributed by atoms with E-state index >= 15 is 0 Å². The van der Waals surface area contributed by atoms with Gasteiger partial charge >= 0.3 is 0 Å². The number of nitrogens with one attached hydrogen (secondary N) is 1. The number of benzene rings is 1. The van der Waals surface area contributed by atoms with Crippen LogP contribution in [0.25, 0.3) is 22.2 Å². The molecule has 3 aromatic rings. The molecule has 6 heteroatoms. The molecule has 3 heterocycles. The predicted octanol–water partition coefficient (Wildman–Crippen LogP) is 3.53. The van der Waals surface area contributed by atoms with Gasteiger partial charge in [-0.1, -0.05) is 12.1 Å². The topological polar surface area (TPSA) is 61.4 Å². The summed E-state index contributed by atoms with van der Waals surface area (Å²) in [5, 5.41) is 11.0. The Kier molecular flexibility index (Phi) is 4.31. The summed E-state index contributed by atoms with van der Waals surface area (Å²) in [4.78, 5) is 11.5. The van der Waals surface area contributed by atoms with Crippen LogP contribution < -0.4 is 9.64 Å². The van der Waals surface area contributed by atoms with Crippen LogP contribution in [0.4, 0.5) is 5.82 Å². The molecule has 2 N–H and O–H groups in total. The standard InChI is InChI=1S/C19H21N3O2S/c1-24-17-5-3-4-12-8-16(21-18(12)17)15-9-14(25-2)10-20-19(15)22-7-6-13(23)11-22/h3-5,8-10,13,21,23H,6-7,11H2,1-2H3. The molecule has 0 radical (unpaired) electrons. The Bertz CT molecular complexity index is 909. The van der Waals surface area contributed by atoms with Crippen LogP contribution in [-0.4, -0.2) is 47.6 Å². The third-order valence-electron chi connectivity index (χ3n) is 4.67. The number of H-pyrrole nitrogens is 1. The highest BCUT2D eigenvalue weighted by atomic mass is 32.2. The molecule has 25 heavy (non-hydrogen) atoms. The molecule has 1 atom stereocenters. The van der Waals surface area contributed by atoms with Crippen LogP contribution in [0.15, 0.2) is 41.4 Å². The van der Waals surface area contributed by atoms with E-state index in [1.54, 1.807) is 18.9 Å². The zero-order valence-corrected chi connectivity index (χ0v) is 15.1. The first-order valence-corrected chi connectivity index (χ1v) is 9.55. The normalized spacial score (nSPS) is 17.4. The maximum Gasteiger partial charge on any atom is 0.142 e. The molecule has 130 valence electrons. The number of nitrogens with zero attached hydrogens (tertiary/aromatic N) is 2. The van der Waals surface area contributed by atoms with Crippen LogP contribution in [0.3, 0.4) is 0 Å². The van der Waals surface area contributed by atoms with Crippen molar-refractivity contribution < 1.29 is 9.84 Å². The van der Waals surface area contributed by atoms with Gasteiger partial charge in [0.05, 0.1) is 24.4 Å². The van der Waals surface area contributed by atoms with Crippen molar-refractivity contribution in [2.24, 2.45) is 0 Å². The minimum absolute atomic E-state index is 0.280. The summed E-state index contributed by atoms with van der Waals surface area (Å²) in [6.45, 7) is 1.45. The summed E-state index contributed by atoms with van der Waals surface area (Å²) in [5.41, 5.74) is 3.06. The van der Waals surface area contributed by atoms with Gasteiger partial charge in [-0.3, -0.25) is 0 Å². The van der Waals surface area contributed by atoms with Crippen LogP contribution in [-0.2, 0) is 0 Å². The lowest BCUT2D eigenvalue weighted by Crippen LogP contribution is -2.23.